The van der Waals surface area contributed by atoms with Crippen molar-refractivity contribution in [1.82, 2.24) is 20.0 Å². The molecule has 2 aromatic carbocycles. The molecule has 1 aromatic heterocycles. The Labute approximate surface area is 229 Å². The maximum Gasteiger partial charge on any atom is 0.258 e. The fourth-order valence-corrected chi connectivity index (χ4v) is 4.79. The summed E-state index contributed by atoms with van der Waals surface area (Å²) in [6, 6.07) is 14.4. The fraction of sp³-hybridized carbons (Fsp3) is 0.281. The lowest BCUT2D eigenvalue weighted by molar-refractivity contribution is -0.114. The molecule has 39 heavy (non-hydrogen) atoms. The van der Waals surface area contributed by atoms with Gasteiger partial charge >= 0.3 is 0 Å². The smallest absolute Gasteiger partial charge is 0.258 e. The molecule has 0 bridgehead atoms. The number of aryl methyl sites for hydroxylation is 1. The second-order valence-corrected chi connectivity index (χ2v) is 10.3. The molecule has 0 saturated heterocycles. The lowest BCUT2D eigenvalue weighted by atomic mass is 9.93. The number of hydrogen-bond donors (Lipinski definition) is 1. The van der Waals surface area contributed by atoms with Gasteiger partial charge in [0.05, 0.1) is 18.3 Å². The van der Waals surface area contributed by atoms with Crippen LogP contribution in [0.3, 0.4) is 0 Å². The minimum atomic E-state index is -0.247. The molecular weight excluding hydrogens is 488 g/mol. The SMILES string of the molecule is CCc1cccc(Cn2cc(C(=O)NC3=CCC(=O)C(C4=Cc5cc(OCCN(C)C)ccc5C4)=C3)cn2)c1. The van der Waals surface area contributed by atoms with Gasteiger partial charge in [0, 0.05) is 30.4 Å². The summed E-state index contributed by atoms with van der Waals surface area (Å²) >= 11 is 0. The minimum Gasteiger partial charge on any atom is -0.492 e. The van der Waals surface area contributed by atoms with Crippen molar-refractivity contribution in [3.8, 4) is 5.75 Å². The highest BCUT2D eigenvalue weighted by molar-refractivity contribution is 6.04. The van der Waals surface area contributed by atoms with Crippen LogP contribution in [0.5, 0.6) is 5.75 Å². The number of nitrogens with one attached hydrogen (secondary N) is 1. The number of allylic oxidation sites excluding steroid dienone is 4. The fourth-order valence-electron chi connectivity index (χ4n) is 4.79. The number of benzene rings is 2. The third-order valence-electron chi connectivity index (χ3n) is 6.99. The molecular formula is C32H34N4O3. The zero-order chi connectivity index (χ0) is 27.4. The van der Waals surface area contributed by atoms with Gasteiger partial charge in [-0.2, -0.15) is 5.10 Å². The average Bonchev–Trinajstić information content (AvgIpc) is 3.56. The molecule has 0 spiro atoms. The van der Waals surface area contributed by atoms with E-state index in [4.69, 9.17) is 4.74 Å². The van der Waals surface area contributed by atoms with E-state index in [9.17, 15) is 9.59 Å². The number of aromatic nitrogens is 2. The summed E-state index contributed by atoms with van der Waals surface area (Å²) in [5, 5.41) is 7.33. The number of amides is 1. The number of likely N-dealkylation sites (N-methyl/N-ethyl adjacent to an activating group) is 1. The number of carbonyl (C=O) groups is 2. The number of ether oxygens (including phenoxy) is 1. The summed E-state index contributed by atoms with van der Waals surface area (Å²) in [5.41, 5.74) is 7.35. The topological polar surface area (TPSA) is 76.5 Å². The van der Waals surface area contributed by atoms with E-state index in [1.54, 1.807) is 29.2 Å². The Morgan fingerprint density at radius 3 is 2.79 bits per heavy atom. The van der Waals surface area contributed by atoms with Crippen molar-refractivity contribution in [2.24, 2.45) is 0 Å². The van der Waals surface area contributed by atoms with Crippen molar-refractivity contribution in [3.05, 3.63) is 112 Å². The zero-order valence-corrected chi connectivity index (χ0v) is 22.7. The summed E-state index contributed by atoms with van der Waals surface area (Å²) in [7, 11) is 4.03. The molecule has 2 aliphatic rings. The van der Waals surface area contributed by atoms with Crippen molar-refractivity contribution in [3.63, 3.8) is 0 Å². The van der Waals surface area contributed by atoms with Crippen LogP contribution >= 0.6 is 0 Å². The van der Waals surface area contributed by atoms with E-state index in [-0.39, 0.29) is 18.1 Å². The van der Waals surface area contributed by atoms with Crippen LogP contribution in [0.1, 0.15) is 46.0 Å². The number of nitrogens with zero attached hydrogens (tertiary/aromatic N) is 3. The number of ketones is 1. The first-order chi connectivity index (χ1) is 18.9. The van der Waals surface area contributed by atoms with Crippen LogP contribution in [0.2, 0.25) is 0 Å². The van der Waals surface area contributed by atoms with Crippen molar-refractivity contribution in [2.75, 3.05) is 27.2 Å². The molecule has 0 aliphatic heterocycles. The van der Waals surface area contributed by atoms with E-state index in [0.29, 0.717) is 36.4 Å². The van der Waals surface area contributed by atoms with Crippen molar-refractivity contribution < 1.29 is 14.3 Å². The average molecular weight is 523 g/mol. The summed E-state index contributed by atoms with van der Waals surface area (Å²) in [4.78, 5) is 27.9. The molecule has 1 N–H and O–H groups in total. The number of carbonyl (C=O) groups excluding carboxylic acids is 2. The maximum absolute atomic E-state index is 13.0. The second kappa shape index (κ2) is 11.7. The van der Waals surface area contributed by atoms with Crippen LogP contribution in [0.4, 0.5) is 0 Å². The van der Waals surface area contributed by atoms with Crippen LogP contribution in [0.15, 0.2) is 83.9 Å². The highest BCUT2D eigenvalue weighted by Crippen LogP contribution is 2.34. The molecule has 7 heteroatoms. The van der Waals surface area contributed by atoms with E-state index in [0.717, 1.165) is 41.0 Å². The predicted octanol–water partition coefficient (Wildman–Crippen LogP) is 4.59. The van der Waals surface area contributed by atoms with Gasteiger partial charge in [0.25, 0.3) is 5.91 Å². The first-order valence-electron chi connectivity index (χ1n) is 13.4. The summed E-state index contributed by atoms with van der Waals surface area (Å²) < 4.78 is 7.64. The van der Waals surface area contributed by atoms with Gasteiger partial charge in [0.15, 0.2) is 5.78 Å². The van der Waals surface area contributed by atoms with E-state index >= 15 is 0 Å². The molecule has 3 aromatic rings. The monoisotopic (exact) mass is 522 g/mol. The third kappa shape index (κ3) is 6.44. The van der Waals surface area contributed by atoms with Crippen molar-refractivity contribution >= 4 is 17.8 Å². The molecule has 200 valence electrons. The van der Waals surface area contributed by atoms with Crippen LogP contribution in [0.25, 0.3) is 6.08 Å². The Balaban J connectivity index is 1.24. The lowest BCUT2D eigenvalue weighted by Gasteiger charge is -2.15. The summed E-state index contributed by atoms with van der Waals surface area (Å²) in [5.74, 6) is 0.628. The molecule has 1 amide bonds. The predicted molar refractivity (Wildman–Crippen MR) is 153 cm³/mol. The quantitative estimate of drug-likeness (QED) is 0.422. The number of Topliss-reactive ketones (excluding diaryl/α,β-unsaturated/α-hetero) is 1. The van der Waals surface area contributed by atoms with Crippen molar-refractivity contribution in [1.29, 1.82) is 0 Å². The van der Waals surface area contributed by atoms with E-state index in [2.05, 4.69) is 52.6 Å². The van der Waals surface area contributed by atoms with Crippen LogP contribution in [-0.2, 0) is 24.2 Å². The van der Waals surface area contributed by atoms with E-state index in [1.165, 1.54) is 5.56 Å². The van der Waals surface area contributed by atoms with Crippen molar-refractivity contribution in [2.45, 2.75) is 32.7 Å². The Bertz CT molecular complexity index is 1490. The minimum absolute atomic E-state index is 0.0524. The first kappa shape index (κ1) is 26.4. The molecule has 5 rings (SSSR count). The number of hydrogen-bond acceptors (Lipinski definition) is 5. The second-order valence-electron chi connectivity index (χ2n) is 10.3. The molecule has 1 heterocycles. The summed E-state index contributed by atoms with van der Waals surface area (Å²) in [6.45, 7) is 4.18. The molecule has 2 aliphatic carbocycles. The van der Waals surface area contributed by atoms with Gasteiger partial charge in [-0.05, 0) is 73.0 Å². The van der Waals surface area contributed by atoms with Gasteiger partial charge in [0.2, 0.25) is 0 Å². The first-order valence-corrected chi connectivity index (χ1v) is 13.4. The number of fused-ring (bicyclic) bond motifs is 1. The van der Waals surface area contributed by atoms with Gasteiger partial charge < -0.3 is 15.0 Å². The molecule has 0 saturated carbocycles. The highest BCUT2D eigenvalue weighted by atomic mass is 16.5. The standard InChI is InChI=1S/C32H34N4O3/c1-4-22-6-5-7-23(14-22)20-36-21-27(19-33-36)32(38)34-28-9-11-31(37)30(18-28)26-15-24-8-10-29(17-25(24)16-26)39-13-12-35(2)3/h5-10,14,16-19,21H,4,11-13,15,20H2,1-3H3,(H,34,38). The molecule has 0 unspecified atom stereocenters. The van der Waals surface area contributed by atoms with Gasteiger partial charge in [-0.1, -0.05) is 49.4 Å². The normalized spacial score (nSPS) is 14.6. The molecule has 0 radical (unpaired) electrons. The number of rotatable bonds is 10. The largest absolute Gasteiger partial charge is 0.492 e. The Morgan fingerprint density at radius 1 is 1.13 bits per heavy atom. The van der Waals surface area contributed by atoms with Gasteiger partial charge in [-0.3, -0.25) is 14.3 Å². The Morgan fingerprint density at radius 2 is 1.97 bits per heavy atom. The van der Waals surface area contributed by atoms with Crippen LogP contribution in [0, 0.1) is 0 Å². The van der Waals surface area contributed by atoms with Gasteiger partial charge in [-0.15, -0.1) is 0 Å². The Kier molecular flexibility index (Phi) is 7.89. The third-order valence-corrected chi connectivity index (χ3v) is 6.99. The molecule has 0 fully saturated rings. The van der Waals surface area contributed by atoms with Crippen LogP contribution < -0.4 is 10.1 Å². The zero-order valence-electron chi connectivity index (χ0n) is 22.7. The van der Waals surface area contributed by atoms with Gasteiger partial charge in [-0.25, -0.2) is 0 Å². The van der Waals surface area contributed by atoms with E-state index in [1.807, 2.05) is 32.3 Å². The highest BCUT2D eigenvalue weighted by Gasteiger charge is 2.24. The molecule has 0 atom stereocenters. The maximum atomic E-state index is 13.0. The lowest BCUT2D eigenvalue weighted by Crippen LogP contribution is -2.24. The Hall–Kier alpha value is -4.23. The van der Waals surface area contributed by atoms with Gasteiger partial charge in [0.1, 0.15) is 12.4 Å². The summed E-state index contributed by atoms with van der Waals surface area (Å²) in [6.07, 6.45) is 10.8. The van der Waals surface area contributed by atoms with Crippen LogP contribution in [-0.4, -0.2) is 53.6 Å². The molecule has 7 nitrogen and oxygen atoms in total. The van der Waals surface area contributed by atoms with E-state index < -0.39 is 0 Å².